The molecule has 0 amide bonds. The summed E-state index contributed by atoms with van der Waals surface area (Å²) in [5.74, 6) is 1.74. The third-order valence-electron chi connectivity index (χ3n) is 6.51. The van der Waals surface area contributed by atoms with Crippen LogP contribution in [0.3, 0.4) is 0 Å². The summed E-state index contributed by atoms with van der Waals surface area (Å²) in [5.41, 5.74) is 5.47. The molecule has 0 spiro atoms. The smallest absolute Gasteiger partial charge is 0.122 e. The van der Waals surface area contributed by atoms with E-state index in [-0.39, 0.29) is 6.04 Å². The molecule has 4 aromatic carbocycles. The van der Waals surface area contributed by atoms with Crippen LogP contribution in [0.4, 0.5) is 0 Å². The molecule has 0 saturated carbocycles. The molecule has 4 heteroatoms. The predicted molar refractivity (Wildman–Crippen MR) is 150 cm³/mol. The highest BCUT2D eigenvalue weighted by Gasteiger charge is 2.17. The average molecular weight is 496 g/mol. The summed E-state index contributed by atoms with van der Waals surface area (Å²) < 4.78 is 11.9. The molecule has 0 bridgehead atoms. The molecule has 0 aliphatic rings. The topological polar surface area (TPSA) is 50.7 Å². The molecule has 4 rings (SSSR count). The Balaban J connectivity index is 1.20. The first kappa shape index (κ1) is 26.5. The second-order valence-corrected chi connectivity index (χ2v) is 9.51. The molecule has 2 atom stereocenters. The van der Waals surface area contributed by atoms with Crippen LogP contribution in [0.25, 0.3) is 0 Å². The van der Waals surface area contributed by atoms with Gasteiger partial charge in [0.25, 0.3) is 0 Å². The summed E-state index contributed by atoms with van der Waals surface area (Å²) in [6.07, 6.45) is 1.34. The number of benzene rings is 4. The van der Waals surface area contributed by atoms with Crippen LogP contribution in [-0.4, -0.2) is 17.7 Å². The highest BCUT2D eigenvalue weighted by atomic mass is 16.5. The fourth-order valence-corrected chi connectivity index (χ4v) is 4.31. The van der Waals surface area contributed by atoms with Gasteiger partial charge >= 0.3 is 0 Å². The zero-order valence-electron chi connectivity index (χ0n) is 21.8. The van der Waals surface area contributed by atoms with Gasteiger partial charge in [-0.25, -0.2) is 0 Å². The summed E-state index contributed by atoms with van der Waals surface area (Å²) >= 11 is 0. The normalized spacial score (nSPS) is 12.6. The number of nitrogens with one attached hydrogen (secondary N) is 1. The number of hydrogen-bond acceptors (Lipinski definition) is 4. The summed E-state index contributed by atoms with van der Waals surface area (Å²) in [7, 11) is 0. The molecule has 0 aromatic heterocycles. The van der Waals surface area contributed by atoms with Crippen LogP contribution < -0.4 is 14.8 Å². The Labute approximate surface area is 220 Å². The van der Waals surface area contributed by atoms with Crippen molar-refractivity contribution in [3.63, 3.8) is 0 Å². The van der Waals surface area contributed by atoms with E-state index in [4.69, 9.17) is 9.47 Å². The minimum absolute atomic E-state index is 0.0592. The van der Waals surface area contributed by atoms with Crippen LogP contribution in [-0.2, 0) is 19.6 Å². The first-order chi connectivity index (χ1) is 18.1. The Morgan fingerprint density at radius 1 is 0.730 bits per heavy atom. The van der Waals surface area contributed by atoms with Crippen molar-refractivity contribution in [2.45, 2.75) is 52.0 Å². The molecule has 0 saturated heterocycles. The monoisotopic (exact) mass is 495 g/mol. The minimum Gasteiger partial charge on any atom is -0.489 e. The Morgan fingerprint density at radius 3 is 2.05 bits per heavy atom. The molecular formula is C33H37NO3. The largest absolute Gasteiger partial charge is 0.489 e. The maximum absolute atomic E-state index is 10.9. The number of aliphatic hydroxyl groups is 1. The van der Waals surface area contributed by atoms with Crippen molar-refractivity contribution < 1.29 is 14.6 Å². The van der Waals surface area contributed by atoms with Crippen molar-refractivity contribution in [1.29, 1.82) is 0 Å². The lowest BCUT2D eigenvalue weighted by molar-refractivity contribution is 0.136. The van der Waals surface area contributed by atoms with Gasteiger partial charge in [0.15, 0.2) is 0 Å². The molecule has 4 nitrogen and oxygen atoms in total. The van der Waals surface area contributed by atoms with Crippen molar-refractivity contribution in [2.75, 3.05) is 6.54 Å². The van der Waals surface area contributed by atoms with E-state index >= 15 is 0 Å². The molecule has 4 aromatic rings. The summed E-state index contributed by atoms with van der Waals surface area (Å²) in [6.45, 7) is 5.97. The van der Waals surface area contributed by atoms with E-state index in [9.17, 15) is 5.11 Å². The number of aliphatic hydroxyl groups excluding tert-OH is 1. The van der Waals surface area contributed by atoms with Crippen molar-refractivity contribution in [3.8, 4) is 11.5 Å². The number of rotatable bonds is 13. The van der Waals surface area contributed by atoms with E-state index < -0.39 is 6.10 Å². The molecule has 0 aliphatic carbocycles. The highest BCUT2D eigenvalue weighted by Crippen LogP contribution is 2.25. The van der Waals surface area contributed by atoms with Crippen molar-refractivity contribution >= 4 is 0 Å². The molecule has 2 N–H and O–H groups in total. The van der Waals surface area contributed by atoms with Crippen molar-refractivity contribution in [3.05, 3.63) is 131 Å². The van der Waals surface area contributed by atoms with E-state index in [1.807, 2.05) is 80.6 Å². The van der Waals surface area contributed by atoms with Gasteiger partial charge in [-0.15, -0.1) is 0 Å². The second kappa shape index (κ2) is 13.6. The zero-order chi connectivity index (χ0) is 25.9. The van der Waals surface area contributed by atoms with Crippen molar-refractivity contribution in [1.82, 2.24) is 5.32 Å². The van der Waals surface area contributed by atoms with Gasteiger partial charge in [0.05, 0.1) is 6.10 Å². The molecule has 0 heterocycles. The zero-order valence-corrected chi connectivity index (χ0v) is 21.8. The molecule has 0 radical (unpaired) electrons. The maximum Gasteiger partial charge on any atom is 0.122 e. The fraction of sp³-hybridized carbons (Fsp3) is 0.273. The van der Waals surface area contributed by atoms with Gasteiger partial charge in [-0.1, -0.05) is 78.9 Å². The molecule has 0 fully saturated rings. The van der Waals surface area contributed by atoms with E-state index in [0.717, 1.165) is 53.1 Å². The van der Waals surface area contributed by atoms with Gasteiger partial charge in [0, 0.05) is 6.04 Å². The van der Waals surface area contributed by atoms with E-state index in [1.165, 1.54) is 5.56 Å². The van der Waals surface area contributed by atoms with Crippen LogP contribution >= 0.6 is 0 Å². The number of hydrogen-bond donors (Lipinski definition) is 2. The van der Waals surface area contributed by atoms with Crippen LogP contribution in [0.1, 0.15) is 47.3 Å². The van der Waals surface area contributed by atoms with Crippen LogP contribution in [0.5, 0.6) is 11.5 Å². The van der Waals surface area contributed by atoms with Gasteiger partial charge in [0.1, 0.15) is 24.7 Å². The summed E-state index contributed by atoms with van der Waals surface area (Å²) in [4.78, 5) is 0. The number of aryl methyl sites for hydroxylation is 2. The van der Waals surface area contributed by atoms with E-state index in [1.54, 1.807) is 0 Å². The van der Waals surface area contributed by atoms with Crippen molar-refractivity contribution in [2.24, 2.45) is 0 Å². The van der Waals surface area contributed by atoms with E-state index in [2.05, 4.69) is 41.7 Å². The Hall–Kier alpha value is -3.60. The fourth-order valence-electron chi connectivity index (χ4n) is 4.31. The molecule has 2 unspecified atom stereocenters. The number of ether oxygens (including phenoxy) is 2. The quantitative estimate of drug-likeness (QED) is 0.200. The Morgan fingerprint density at radius 2 is 1.38 bits per heavy atom. The maximum atomic E-state index is 10.9. The van der Waals surface area contributed by atoms with Gasteiger partial charge in [-0.2, -0.15) is 0 Å². The first-order valence-corrected chi connectivity index (χ1v) is 13.0. The van der Waals surface area contributed by atoms with E-state index in [0.29, 0.717) is 13.2 Å². The third kappa shape index (κ3) is 8.21. The Kier molecular flexibility index (Phi) is 9.75. The summed E-state index contributed by atoms with van der Waals surface area (Å²) in [5, 5.41) is 14.4. The van der Waals surface area contributed by atoms with Gasteiger partial charge < -0.3 is 19.9 Å². The Bertz CT molecular complexity index is 1230. The van der Waals surface area contributed by atoms with Gasteiger partial charge in [-0.05, 0) is 85.3 Å². The predicted octanol–water partition coefficient (Wildman–Crippen LogP) is 6.80. The standard InChI is InChI=1S/C33H37NO3/c1-25-21-30(18-19-32(25)37-24-29-13-7-4-8-14-29)33(35)26(2)34-20-10-16-27-15-9-17-31(22-27)36-23-28-11-5-3-6-12-28/h3-9,11-15,17-19,21-22,26,33-35H,10,16,20,23-24H2,1-2H3. The lowest BCUT2D eigenvalue weighted by atomic mass is 10.0. The molecule has 192 valence electrons. The van der Waals surface area contributed by atoms with Gasteiger partial charge in [0.2, 0.25) is 0 Å². The SMILES string of the molecule is Cc1cc(C(O)C(C)NCCCc2cccc(OCc3ccccc3)c2)ccc1OCc1ccccc1. The lowest BCUT2D eigenvalue weighted by Gasteiger charge is -2.22. The first-order valence-electron chi connectivity index (χ1n) is 13.0. The third-order valence-corrected chi connectivity index (χ3v) is 6.51. The lowest BCUT2D eigenvalue weighted by Crippen LogP contribution is -2.33. The molecule has 37 heavy (non-hydrogen) atoms. The van der Waals surface area contributed by atoms with Crippen LogP contribution in [0.2, 0.25) is 0 Å². The molecular weight excluding hydrogens is 458 g/mol. The second-order valence-electron chi connectivity index (χ2n) is 9.51. The molecule has 0 aliphatic heterocycles. The van der Waals surface area contributed by atoms with Crippen LogP contribution in [0, 0.1) is 6.92 Å². The van der Waals surface area contributed by atoms with Crippen LogP contribution in [0.15, 0.2) is 103 Å². The van der Waals surface area contributed by atoms with Gasteiger partial charge in [-0.3, -0.25) is 0 Å². The minimum atomic E-state index is -0.586. The average Bonchev–Trinajstić information content (AvgIpc) is 2.94. The summed E-state index contributed by atoms with van der Waals surface area (Å²) in [6, 6.07) is 34.5. The highest BCUT2D eigenvalue weighted by molar-refractivity contribution is 5.37.